The molecule has 122 valence electrons. The number of nitrogens with one attached hydrogen (secondary N) is 1. The Balaban J connectivity index is 2.47. The van der Waals surface area contributed by atoms with Crippen molar-refractivity contribution in [3.8, 4) is 0 Å². The second-order valence-electron chi connectivity index (χ2n) is 6.28. The van der Waals surface area contributed by atoms with Crippen LogP contribution < -0.4 is 5.32 Å². The molecule has 0 spiro atoms. The summed E-state index contributed by atoms with van der Waals surface area (Å²) in [5.41, 5.74) is 0. The van der Waals surface area contributed by atoms with E-state index in [0.717, 1.165) is 32.4 Å². The van der Waals surface area contributed by atoms with Gasteiger partial charge in [0.1, 0.15) is 6.04 Å². The second-order valence-corrected chi connectivity index (χ2v) is 6.28. The number of carboxylic acid groups (broad SMARTS) is 1. The summed E-state index contributed by atoms with van der Waals surface area (Å²) in [4.78, 5) is 27.3. The highest BCUT2D eigenvalue weighted by Gasteiger charge is 2.27. The lowest BCUT2D eigenvalue weighted by molar-refractivity contribution is -0.140. The van der Waals surface area contributed by atoms with Gasteiger partial charge in [0.2, 0.25) is 0 Å². The van der Waals surface area contributed by atoms with E-state index >= 15 is 0 Å². The zero-order valence-electron chi connectivity index (χ0n) is 13.6. The summed E-state index contributed by atoms with van der Waals surface area (Å²) in [6.45, 7) is 6.58. The highest BCUT2D eigenvalue weighted by Crippen LogP contribution is 2.17. The molecule has 6 nitrogen and oxygen atoms in total. The molecule has 1 heterocycles. The molecule has 1 aliphatic rings. The number of hydrogen-bond donors (Lipinski definition) is 2. The van der Waals surface area contributed by atoms with Crippen LogP contribution in [-0.4, -0.2) is 66.7 Å². The van der Waals surface area contributed by atoms with Gasteiger partial charge in [-0.15, -0.1) is 0 Å². The van der Waals surface area contributed by atoms with Crippen molar-refractivity contribution in [2.24, 2.45) is 11.8 Å². The van der Waals surface area contributed by atoms with Crippen molar-refractivity contribution < 1.29 is 14.7 Å². The number of hydrogen-bond acceptors (Lipinski definition) is 3. The molecule has 1 fully saturated rings. The number of rotatable bonds is 6. The number of carbonyl (C=O) groups excluding carboxylic acids is 1. The van der Waals surface area contributed by atoms with Crippen LogP contribution in [0.25, 0.3) is 0 Å². The number of aliphatic carboxylic acids is 1. The number of nitrogens with zero attached hydrogens (tertiary/aromatic N) is 2. The number of urea groups is 1. The van der Waals surface area contributed by atoms with Gasteiger partial charge in [-0.3, -0.25) is 0 Å². The SMILES string of the molecule is CCC(C)C(NC(=O)N(C)CC1CCN(C)CC1)C(=O)O. The fourth-order valence-electron chi connectivity index (χ4n) is 2.64. The van der Waals surface area contributed by atoms with Crippen LogP contribution in [0.2, 0.25) is 0 Å². The van der Waals surface area contributed by atoms with E-state index in [1.807, 2.05) is 13.8 Å². The van der Waals surface area contributed by atoms with Gasteiger partial charge >= 0.3 is 12.0 Å². The summed E-state index contributed by atoms with van der Waals surface area (Å²) in [6, 6.07) is -1.11. The fourth-order valence-corrected chi connectivity index (χ4v) is 2.64. The van der Waals surface area contributed by atoms with Crippen molar-refractivity contribution in [3.63, 3.8) is 0 Å². The maximum absolute atomic E-state index is 12.2. The number of carbonyl (C=O) groups is 2. The van der Waals surface area contributed by atoms with Crippen molar-refractivity contribution in [2.45, 2.75) is 39.2 Å². The number of likely N-dealkylation sites (tertiary alicyclic amines) is 1. The van der Waals surface area contributed by atoms with Gasteiger partial charge < -0.3 is 20.2 Å². The van der Waals surface area contributed by atoms with Gasteiger partial charge in [0.25, 0.3) is 0 Å². The predicted molar refractivity (Wildman–Crippen MR) is 82.3 cm³/mol. The summed E-state index contributed by atoms with van der Waals surface area (Å²) in [5, 5.41) is 11.9. The molecule has 6 heteroatoms. The van der Waals surface area contributed by atoms with Gasteiger partial charge in [0, 0.05) is 13.6 Å². The summed E-state index contributed by atoms with van der Waals surface area (Å²) >= 11 is 0. The molecular formula is C15H29N3O3. The van der Waals surface area contributed by atoms with Crippen molar-refractivity contribution in [1.29, 1.82) is 0 Å². The molecule has 0 bridgehead atoms. The Kier molecular flexibility index (Phi) is 6.95. The van der Waals surface area contributed by atoms with E-state index in [9.17, 15) is 14.7 Å². The molecule has 2 amide bonds. The van der Waals surface area contributed by atoms with Crippen LogP contribution in [0.1, 0.15) is 33.1 Å². The molecule has 2 unspecified atom stereocenters. The highest BCUT2D eigenvalue weighted by atomic mass is 16.4. The normalized spacial score (nSPS) is 19.8. The van der Waals surface area contributed by atoms with Crippen LogP contribution in [0, 0.1) is 11.8 Å². The van der Waals surface area contributed by atoms with Crippen molar-refractivity contribution in [2.75, 3.05) is 33.7 Å². The minimum Gasteiger partial charge on any atom is -0.480 e. The maximum Gasteiger partial charge on any atom is 0.326 e. The quantitative estimate of drug-likeness (QED) is 0.779. The van der Waals surface area contributed by atoms with E-state index in [2.05, 4.69) is 17.3 Å². The molecule has 0 radical (unpaired) electrons. The summed E-state index contributed by atoms with van der Waals surface area (Å²) < 4.78 is 0. The Morgan fingerprint density at radius 1 is 1.38 bits per heavy atom. The molecule has 1 saturated heterocycles. The Labute approximate surface area is 127 Å². The Morgan fingerprint density at radius 2 is 1.95 bits per heavy atom. The van der Waals surface area contributed by atoms with Gasteiger partial charge in [0.05, 0.1) is 0 Å². The highest BCUT2D eigenvalue weighted by molar-refractivity contribution is 5.82. The Hall–Kier alpha value is -1.30. The number of amides is 2. The topological polar surface area (TPSA) is 72.9 Å². The molecule has 0 aromatic heterocycles. The third-order valence-electron chi connectivity index (χ3n) is 4.47. The van der Waals surface area contributed by atoms with Gasteiger partial charge in [0.15, 0.2) is 0 Å². The largest absolute Gasteiger partial charge is 0.480 e. The molecule has 0 aromatic carbocycles. The van der Waals surface area contributed by atoms with Crippen LogP contribution in [0.5, 0.6) is 0 Å². The van der Waals surface area contributed by atoms with E-state index in [-0.39, 0.29) is 11.9 Å². The van der Waals surface area contributed by atoms with Gasteiger partial charge in [-0.1, -0.05) is 20.3 Å². The summed E-state index contributed by atoms with van der Waals surface area (Å²) in [6.07, 6.45) is 2.89. The van der Waals surface area contributed by atoms with E-state index in [1.165, 1.54) is 0 Å². The van der Waals surface area contributed by atoms with Crippen LogP contribution in [0.4, 0.5) is 4.79 Å². The average molecular weight is 299 g/mol. The lowest BCUT2D eigenvalue weighted by Gasteiger charge is -2.32. The van der Waals surface area contributed by atoms with Crippen molar-refractivity contribution in [1.82, 2.24) is 15.1 Å². The van der Waals surface area contributed by atoms with Crippen LogP contribution in [0.3, 0.4) is 0 Å². The van der Waals surface area contributed by atoms with Crippen LogP contribution in [-0.2, 0) is 4.79 Å². The Bertz CT molecular complexity index is 354. The first-order chi connectivity index (χ1) is 9.85. The first kappa shape index (κ1) is 17.8. The molecule has 0 aromatic rings. The second kappa shape index (κ2) is 8.22. The standard InChI is InChI=1S/C15H29N3O3/c1-5-11(2)13(14(19)20)16-15(21)18(4)10-12-6-8-17(3)9-7-12/h11-13H,5-10H2,1-4H3,(H,16,21)(H,19,20). The van der Waals surface area contributed by atoms with Gasteiger partial charge in [-0.25, -0.2) is 9.59 Å². The summed E-state index contributed by atoms with van der Waals surface area (Å²) in [5.74, 6) is -0.544. The Morgan fingerprint density at radius 3 is 2.43 bits per heavy atom. The lowest BCUT2D eigenvalue weighted by Crippen LogP contribution is -2.50. The zero-order valence-corrected chi connectivity index (χ0v) is 13.6. The molecule has 0 aliphatic carbocycles. The minimum absolute atomic E-state index is 0.0804. The van der Waals surface area contributed by atoms with E-state index < -0.39 is 12.0 Å². The maximum atomic E-state index is 12.2. The first-order valence-electron chi connectivity index (χ1n) is 7.78. The average Bonchev–Trinajstić information content (AvgIpc) is 2.45. The molecule has 2 N–H and O–H groups in total. The van der Waals surface area contributed by atoms with Crippen LogP contribution in [0.15, 0.2) is 0 Å². The fraction of sp³-hybridized carbons (Fsp3) is 0.867. The smallest absolute Gasteiger partial charge is 0.326 e. The monoisotopic (exact) mass is 299 g/mol. The zero-order chi connectivity index (χ0) is 16.0. The van der Waals surface area contributed by atoms with Crippen LogP contribution >= 0.6 is 0 Å². The number of piperidine rings is 1. The third kappa shape index (κ3) is 5.53. The third-order valence-corrected chi connectivity index (χ3v) is 4.47. The summed E-state index contributed by atoms with van der Waals surface area (Å²) in [7, 11) is 3.85. The molecule has 0 saturated carbocycles. The van der Waals surface area contributed by atoms with Crippen molar-refractivity contribution in [3.05, 3.63) is 0 Å². The van der Waals surface area contributed by atoms with Gasteiger partial charge in [-0.2, -0.15) is 0 Å². The molecule has 1 rings (SSSR count). The first-order valence-corrected chi connectivity index (χ1v) is 7.78. The predicted octanol–water partition coefficient (Wildman–Crippen LogP) is 1.47. The molecule has 2 atom stereocenters. The molecule has 1 aliphatic heterocycles. The molecule has 21 heavy (non-hydrogen) atoms. The lowest BCUT2D eigenvalue weighted by atomic mass is 9.96. The van der Waals surface area contributed by atoms with E-state index in [0.29, 0.717) is 12.5 Å². The van der Waals surface area contributed by atoms with Crippen molar-refractivity contribution >= 4 is 12.0 Å². The minimum atomic E-state index is -0.967. The number of carboxylic acids is 1. The van der Waals surface area contributed by atoms with E-state index in [4.69, 9.17) is 0 Å². The van der Waals surface area contributed by atoms with E-state index in [1.54, 1.807) is 11.9 Å². The van der Waals surface area contributed by atoms with Gasteiger partial charge in [-0.05, 0) is 44.8 Å². The molecular weight excluding hydrogens is 270 g/mol.